The van der Waals surface area contributed by atoms with Crippen LogP contribution < -0.4 is 4.74 Å². The Kier molecular flexibility index (Phi) is 5.36. The molecular formula is C25H29NO5. The number of aliphatic hydroxyl groups is 1. The van der Waals surface area contributed by atoms with Crippen LogP contribution in [0.3, 0.4) is 0 Å². The number of carbonyl (C=O) groups excluding carboxylic acids is 1. The van der Waals surface area contributed by atoms with Crippen LogP contribution >= 0.6 is 0 Å². The third-order valence-corrected chi connectivity index (χ3v) is 7.06. The lowest BCUT2D eigenvalue weighted by Gasteiger charge is -2.48. The molecule has 0 spiro atoms. The molecule has 2 aromatic rings. The SMILES string of the molecule is COc1ccc2c(c1O)-c1cccc(c1)[C@@H](O)CC(=O)O[C@H]1C[C@H]3CCCCN3[C@H]2C1. The van der Waals surface area contributed by atoms with Crippen molar-refractivity contribution in [1.29, 1.82) is 0 Å². The van der Waals surface area contributed by atoms with Crippen molar-refractivity contribution in [2.75, 3.05) is 13.7 Å². The summed E-state index contributed by atoms with van der Waals surface area (Å²) in [6.07, 6.45) is 3.69. The number of aromatic hydroxyl groups is 1. The normalized spacial score (nSPS) is 28.4. The van der Waals surface area contributed by atoms with Crippen molar-refractivity contribution in [2.24, 2.45) is 0 Å². The second-order valence-electron chi connectivity index (χ2n) is 8.91. The molecule has 2 N–H and O–H groups in total. The number of piperidine rings is 2. The molecule has 0 aliphatic carbocycles. The molecule has 2 saturated heterocycles. The zero-order chi connectivity index (χ0) is 21.5. The lowest BCUT2D eigenvalue weighted by atomic mass is 9.81. The number of phenols is 1. The van der Waals surface area contributed by atoms with E-state index in [-0.39, 0.29) is 30.3 Å². The van der Waals surface area contributed by atoms with Gasteiger partial charge in [0.2, 0.25) is 0 Å². The van der Waals surface area contributed by atoms with Gasteiger partial charge in [0.05, 0.1) is 19.6 Å². The summed E-state index contributed by atoms with van der Waals surface area (Å²) in [7, 11) is 1.55. The molecule has 2 fully saturated rings. The summed E-state index contributed by atoms with van der Waals surface area (Å²) in [6, 6.07) is 11.7. The predicted molar refractivity (Wildman–Crippen MR) is 116 cm³/mol. The number of methoxy groups -OCH3 is 1. The summed E-state index contributed by atoms with van der Waals surface area (Å²) in [5.41, 5.74) is 3.19. The first-order valence-electron chi connectivity index (χ1n) is 11.2. The number of esters is 1. The first kappa shape index (κ1) is 20.3. The number of fused-ring (bicyclic) bond motifs is 9. The highest BCUT2D eigenvalue weighted by molar-refractivity contribution is 5.78. The fourth-order valence-corrected chi connectivity index (χ4v) is 5.62. The smallest absolute Gasteiger partial charge is 0.309 e. The van der Waals surface area contributed by atoms with Crippen molar-refractivity contribution >= 4 is 5.97 Å². The van der Waals surface area contributed by atoms with Crippen LogP contribution in [-0.2, 0) is 9.53 Å². The number of carbonyl (C=O) groups is 1. The van der Waals surface area contributed by atoms with E-state index < -0.39 is 6.10 Å². The monoisotopic (exact) mass is 423 g/mol. The molecule has 3 heterocycles. The van der Waals surface area contributed by atoms with Gasteiger partial charge in [-0.15, -0.1) is 0 Å². The van der Waals surface area contributed by atoms with Crippen LogP contribution in [0.1, 0.15) is 61.8 Å². The van der Waals surface area contributed by atoms with Crippen LogP contribution in [0.5, 0.6) is 11.5 Å². The van der Waals surface area contributed by atoms with Gasteiger partial charge in [0, 0.05) is 30.5 Å². The summed E-state index contributed by atoms with van der Waals surface area (Å²) in [4.78, 5) is 15.1. The highest BCUT2D eigenvalue weighted by atomic mass is 16.5. The Morgan fingerprint density at radius 2 is 2.03 bits per heavy atom. The minimum Gasteiger partial charge on any atom is -0.504 e. The molecule has 0 amide bonds. The third-order valence-electron chi connectivity index (χ3n) is 7.06. The Bertz CT molecular complexity index is 990. The quantitative estimate of drug-likeness (QED) is 0.672. The number of hydrogen-bond donors (Lipinski definition) is 2. The van der Waals surface area contributed by atoms with Gasteiger partial charge in [-0.1, -0.05) is 30.7 Å². The Morgan fingerprint density at radius 1 is 1.16 bits per heavy atom. The van der Waals surface area contributed by atoms with Gasteiger partial charge >= 0.3 is 5.97 Å². The summed E-state index contributed by atoms with van der Waals surface area (Å²) in [6.45, 7) is 1.00. The fourth-order valence-electron chi connectivity index (χ4n) is 5.62. The fraction of sp³-hybridized carbons (Fsp3) is 0.480. The van der Waals surface area contributed by atoms with Crippen LogP contribution in [0.15, 0.2) is 36.4 Å². The summed E-state index contributed by atoms with van der Waals surface area (Å²) < 4.78 is 11.3. The maximum Gasteiger partial charge on any atom is 0.309 e. The Labute approximate surface area is 182 Å². The molecule has 3 aliphatic rings. The Morgan fingerprint density at radius 3 is 2.87 bits per heavy atom. The molecule has 0 aromatic heterocycles. The van der Waals surface area contributed by atoms with E-state index in [1.807, 2.05) is 30.3 Å². The molecule has 164 valence electrons. The van der Waals surface area contributed by atoms with Crippen LogP contribution in [0.4, 0.5) is 0 Å². The average molecular weight is 424 g/mol. The van der Waals surface area contributed by atoms with Gasteiger partial charge in [0.1, 0.15) is 6.10 Å². The minimum absolute atomic E-state index is 0.0386. The van der Waals surface area contributed by atoms with Crippen molar-refractivity contribution in [3.8, 4) is 22.6 Å². The van der Waals surface area contributed by atoms with E-state index in [1.165, 1.54) is 6.42 Å². The number of benzene rings is 2. The van der Waals surface area contributed by atoms with E-state index in [9.17, 15) is 15.0 Å². The lowest BCUT2D eigenvalue weighted by Crippen LogP contribution is -2.49. The zero-order valence-electron chi connectivity index (χ0n) is 17.8. The number of aliphatic hydroxyl groups excluding tert-OH is 1. The number of ether oxygens (including phenoxy) is 2. The zero-order valence-corrected chi connectivity index (χ0v) is 17.8. The van der Waals surface area contributed by atoms with Crippen LogP contribution in [-0.4, -0.2) is 46.9 Å². The Hall–Kier alpha value is -2.57. The van der Waals surface area contributed by atoms with Gasteiger partial charge in [-0.05, 0) is 48.2 Å². The maximum atomic E-state index is 12.6. The average Bonchev–Trinajstić information content (AvgIpc) is 2.77. The molecule has 6 nitrogen and oxygen atoms in total. The number of hydrogen-bond acceptors (Lipinski definition) is 6. The predicted octanol–water partition coefficient (Wildman–Crippen LogP) is 4.11. The number of phenolic OH excluding ortho intramolecular Hbond substituents is 1. The highest BCUT2D eigenvalue weighted by Gasteiger charge is 2.41. The van der Waals surface area contributed by atoms with Crippen molar-refractivity contribution in [2.45, 2.75) is 62.8 Å². The molecular weight excluding hydrogens is 394 g/mol. The summed E-state index contributed by atoms with van der Waals surface area (Å²) in [5, 5.41) is 21.8. The van der Waals surface area contributed by atoms with Gasteiger partial charge in [0.15, 0.2) is 11.5 Å². The third kappa shape index (κ3) is 3.68. The molecule has 5 rings (SSSR count). The molecule has 3 aliphatic heterocycles. The second-order valence-corrected chi connectivity index (χ2v) is 8.91. The number of nitrogens with zero attached hydrogens (tertiary/aromatic N) is 1. The standard InChI is InChI=1S/C25H29NO5/c1-30-22-9-8-19-20-13-18(12-17-7-2-3-10-26(17)20)31-23(28)14-21(27)15-5-4-6-16(11-15)24(19)25(22)29/h4-6,8-9,11,17-18,20-21,27,29H,2-3,7,10,12-14H2,1H3/t17-,18+,20+,21+/m1/s1. The highest BCUT2D eigenvalue weighted by Crippen LogP contribution is 2.48. The van der Waals surface area contributed by atoms with Gasteiger partial charge in [-0.3, -0.25) is 9.69 Å². The van der Waals surface area contributed by atoms with Gasteiger partial charge < -0.3 is 19.7 Å². The first-order valence-corrected chi connectivity index (χ1v) is 11.2. The van der Waals surface area contributed by atoms with E-state index in [0.717, 1.165) is 42.5 Å². The van der Waals surface area contributed by atoms with Crippen molar-refractivity contribution < 1.29 is 24.5 Å². The van der Waals surface area contributed by atoms with E-state index in [1.54, 1.807) is 13.2 Å². The Balaban J connectivity index is 1.72. The van der Waals surface area contributed by atoms with E-state index in [0.29, 0.717) is 23.8 Å². The largest absolute Gasteiger partial charge is 0.504 e. The van der Waals surface area contributed by atoms with Crippen LogP contribution in [0.2, 0.25) is 0 Å². The van der Waals surface area contributed by atoms with Crippen molar-refractivity contribution in [1.82, 2.24) is 4.90 Å². The second kappa shape index (κ2) is 8.17. The molecule has 4 atom stereocenters. The molecule has 0 radical (unpaired) electrons. The van der Waals surface area contributed by atoms with Gasteiger partial charge in [0.25, 0.3) is 0 Å². The molecule has 31 heavy (non-hydrogen) atoms. The van der Waals surface area contributed by atoms with Gasteiger partial charge in [-0.2, -0.15) is 0 Å². The van der Waals surface area contributed by atoms with Crippen molar-refractivity contribution in [3.05, 3.63) is 47.5 Å². The lowest BCUT2D eigenvalue weighted by molar-refractivity contribution is -0.157. The molecule has 2 aromatic carbocycles. The molecule has 0 saturated carbocycles. The van der Waals surface area contributed by atoms with Crippen LogP contribution in [0, 0.1) is 0 Å². The molecule has 6 heteroatoms. The van der Waals surface area contributed by atoms with E-state index in [2.05, 4.69) is 4.90 Å². The first-order chi connectivity index (χ1) is 15.0. The maximum absolute atomic E-state index is 12.6. The van der Waals surface area contributed by atoms with Crippen molar-refractivity contribution in [3.63, 3.8) is 0 Å². The van der Waals surface area contributed by atoms with E-state index >= 15 is 0 Å². The topological polar surface area (TPSA) is 79.2 Å². The molecule has 4 bridgehead atoms. The van der Waals surface area contributed by atoms with Crippen LogP contribution in [0.25, 0.3) is 11.1 Å². The van der Waals surface area contributed by atoms with E-state index in [4.69, 9.17) is 9.47 Å². The minimum atomic E-state index is -0.950. The summed E-state index contributed by atoms with van der Waals surface area (Å²) in [5.74, 6) is 0.173. The summed E-state index contributed by atoms with van der Waals surface area (Å²) >= 11 is 0. The number of rotatable bonds is 1. The molecule has 0 unspecified atom stereocenters. The van der Waals surface area contributed by atoms with Gasteiger partial charge in [-0.25, -0.2) is 0 Å².